The van der Waals surface area contributed by atoms with Crippen molar-refractivity contribution in [1.29, 1.82) is 0 Å². The minimum Gasteiger partial charge on any atom is -0.323 e. The molecule has 2 N–H and O–H groups in total. The third kappa shape index (κ3) is 2.59. The van der Waals surface area contributed by atoms with E-state index >= 15 is 0 Å². The fraction of sp³-hybridized carbons (Fsp3) is 0.750. The van der Waals surface area contributed by atoms with Crippen LogP contribution in [0, 0.1) is 0 Å². The van der Waals surface area contributed by atoms with Gasteiger partial charge >= 0.3 is 0 Å². The summed E-state index contributed by atoms with van der Waals surface area (Å²) in [5.74, 6) is 0.516. The van der Waals surface area contributed by atoms with Crippen molar-refractivity contribution < 1.29 is 0 Å². The summed E-state index contributed by atoms with van der Waals surface area (Å²) in [5, 5.41) is 4.64. The first kappa shape index (κ1) is 12.2. The molecule has 3 nitrogen and oxygen atoms in total. The molecule has 1 aromatic heterocycles. The van der Waals surface area contributed by atoms with Gasteiger partial charge in [-0.2, -0.15) is 5.10 Å². The Kier molecular flexibility index (Phi) is 3.91. The van der Waals surface area contributed by atoms with Crippen molar-refractivity contribution in [3.05, 3.63) is 17.5 Å². The molecule has 0 saturated carbocycles. The predicted octanol–water partition coefficient (Wildman–Crippen LogP) is 3.00. The van der Waals surface area contributed by atoms with Gasteiger partial charge in [-0.3, -0.25) is 4.68 Å². The normalized spacial score (nSPS) is 15.7. The van der Waals surface area contributed by atoms with Crippen LogP contribution in [0.15, 0.2) is 6.07 Å². The van der Waals surface area contributed by atoms with E-state index < -0.39 is 0 Å². The fourth-order valence-electron chi connectivity index (χ4n) is 1.63. The Morgan fingerprint density at radius 1 is 1.33 bits per heavy atom. The molecule has 0 aliphatic heterocycles. The van der Waals surface area contributed by atoms with Crippen molar-refractivity contribution in [3.8, 4) is 0 Å². The molecule has 15 heavy (non-hydrogen) atoms. The number of aromatic nitrogens is 2. The molecule has 1 rings (SSSR count). The average molecular weight is 209 g/mol. The van der Waals surface area contributed by atoms with Crippen molar-refractivity contribution in [2.24, 2.45) is 5.73 Å². The minimum atomic E-state index is 0.0534. The first-order chi connectivity index (χ1) is 6.97. The molecule has 0 fully saturated rings. The van der Waals surface area contributed by atoms with Crippen molar-refractivity contribution in [3.63, 3.8) is 0 Å². The molecule has 1 unspecified atom stereocenters. The van der Waals surface area contributed by atoms with Crippen molar-refractivity contribution >= 4 is 0 Å². The lowest BCUT2D eigenvalue weighted by molar-refractivity contribution is 0.486. The molecule has 0 saturated heterocycles. The Balaban J connectivity index is 3.09. The Hall–Kier alpha value is -0.830. The van der Waals surface area contributed by atoms with Crippen molar-refractivity contribution in [1.82, 2.24) is 9.78 Å². The monoisotopic (exact) mass is 209 g/mol. The van der Waals surface area contributed by atoms with E-state index in [0.717, 1.165) is 12.1 Å². The standard InChI is InChI=1S/C12H23N3/c1-6-9(4)11-7-12(10(5)13)15(14-11)8(2)3/h7-10H,6,13H2,1-5H3/t9?,10-/m0/s1. The number of rotatable bonds is 4. The van der Waals surface area contributed by atoms with Gasteiger partial charge in [0.25, 0.3) is 0 Å². The van der Waals surface area contributed by atoms with E-state index in [9.17, 15) is 0 Å². The maximum atomic E-state index is 5.95. The van der Waals surface area contributed by atoms with E-state index in [2.05, 4.69) is 38.9 Å². The molecule has 0 amide bonds. The lowest BCUT2D eigenvalue weighted by Crippen LogP contribution is -2.14. The van der Waals surface area contributed by atoms with Crippen LogP contribution < -0.4 is 5.73 Å². The van der Waals surface area contributed by atoms with E-state index in [4.69, 9.17) is 5.73 Å². The van der Waals surface area contributed by atoms with Gasteiger partial charge in [-0.05, 0) is 39.2 Å². The summed E-state index contributed by atoms with van der Waals surface area (Å²) in [4.78, 5) is 0. The smallest absolute Gasteiger partial charge is 0.0656 e. The molecular formula is C12H23N3. The summed E-state index contributed by atoms with van der Waals surface area (Å²) in [5.41, 5.74) is 8.25. The van der Waals surface area contributed by atoms with Gasteiger partial charge < -0.3 is 5.73 Å². The lowest BCUT2D eigenvalue weighted by Gasteiger charge is -2.12. The zero-order valence-corrected chi connectivity index (χ0v) is 10.5. The third-order valence-electron chi connectivity index (χ3n) is 2.86. The third-order valence-corrected chi connectivity index (χ3v) is 2.86. The molecule has 3 heteroatoms. The van der Waals surface area contributed by atoms with Crippen LogP contribution in [0.3, 0.4) is 0 Å². The molecule has 86 valence electrons. The highest BCUT2D eigenvalue weighted by Crippen LogP contribution is 2.23. The van der Waals surface area contributed by atoms with Crippen LogP contribution in [-0.4, -0.2) is 9.78 Å². The predicted molar refractivity (Wildman–Crippen MR) is 63.9 cm³/mol. The lowest BCUT2D eigenvalue weighted by atomic mass is 10.0. The molecule has 1 aromatic rings. The largest absolute Gasteiger partial charge is 0.323 e. The number of hydrogen-bond acceptors (Lipinski definition) is 2. The van der Waals surface area contributed by atoms with Gasteiger partial charge in [0.05, 0.1) is 11.4 Å². The molecule has 0 radical (unpaired) electrons. The number of nitrogens with two attached hydrogens (primary N) is 1. The SMILES string of the molecule is CCC(C)c1cc([C@H](C)N)n(C(C)C)n1. The van der Waals surface area contributed by atoms with Crippen LogP contribution in [0.5, 0.6) is 0 Å². The highest BCUT2D eigenvalue weighted by molar-refractivity contribution is 5.17. The van der Waals surface area contributed by atoms with E-state index in [-0.39, 0.29) is 6.04 Å². The zero-order valence-electron chi connectivity index (χ0n) is 10.5. The topological polar surface area (TPSA) is 43.8 Å². The number of hydrogen-bond donors (Lipinski definition) is 1. The first-order valence-corrected chi connectivity index (χ1v) is 5.82. The zero-order chi connectivity index (χ0) is 11.6. The van der Waals surface area contributed by atoms with Crippen LogP contribution in [0.1, 0.15) is 70.4 Å². The first-order valence-electron chi connectivity index (χ1n) is 5.82. The highest BCUT2D eigenvalue weighted by Gasteiger charge is 2.16. The Bertz CT molecular complexity index is 287. The van der Waals surface area contributed by atoms with Gasteiger partial charge in [-0.15, -0.1) is 0 Å². The van der Waals surface area contributed by atoms with Crippen LogP contribution in [0.2, 0.25) is 0 Å². The molecule has 0 aromatic carbocycles. The molecule has 0 spiro atoms. The maximum absolute atomic E-state index is 5.95. The van der Waals surface area contributed by atoms with Crippen molar-refractivity contribution in [2.75, 3.05) is 0 Å². The molecule has 1 heterocycles. The second kappa shape index (κ2) is 4.79. The summed E-state index contributed by atoms with van der Waals surface area (Å²) in [6.45, 7) is 10.7. The van der Waals surface area contributed by atoms with Crippen molar-refractivity contribution in [2.45, 2.75) is 59.0 Å². The molecule has 0 aliphatic carbocycles. The second-order valence-electron chi connectivity index (χ2n) is 4.63. The van der Waals surface area contributed by atoms with Gasteiger partial charge in [-0.25, -0.2) is 0 Å². The van der Waals surface area contributed by atoms with E-state index in [0.29, 0.717) is 12.0 Å². The van der Waals surface area contributed by atoms with E-state index in [1.807, 2.05) is 11.6 Å². The van der Waals surface area contributed by atoms with Gasteiger partial charge in [0, 0.05) is 12.1 Å². The van der Waals surface area contributed by atoms with Crippen LogP contribution in [-0.2, 0) is 0 Å². The minimum absolute atomic E-state index is 0.0534. The summed E-state index contributed by atoms with van der Waals surface area (Å²) in [6.07, 6.45) is 1.12. The maximum Gasteiger partial charge on any atom is 0.0656 e. The van der Waals surface area contributed by atoms with Crippen LogP contribution >= 0.6 is 0 Å². The Morgan fingerprint density at radius 2 is 1.93 bits per heavy atom. The summed E-state index contributed by atoms with van der Waals surface area (Å²) < 4.78 is 2.05. The molecule has 0 aliphatic rings. The Labute approximate surface area is 92.7 Å². The highest BCUT2D eigenvalue weighted by atomic mass is 15.3. The fourth-order valence-corrected chi connectivity index (χ4v) is 1.63. The van der Waals surface area contributed by atoms with Crippen LogP contribution in [0.4, 0.5) is 0 Å². The molecule has 2 atom stereocenters. The Morgan fingerprint density at radius 3 is 2.27 bits per heavy atom. The van der Waals surface area contributed by atoms with Gasteiger partial charge in [0.1, 0.15) is 0 Å². The quantitative estimate of drug-likeness (QED) is 0.828. The average Bonchev–Trinajstić information content (AvgIpc) is 2.61. The van der Waals surface area contributed by atoms with Gasteiger partial charge in [-0.1, -0.05) is 13.8 Å². The summed E-state index contributed by atoms with van der Waals surface area (Å²) in [7, 11) is 0. The summed E-state index contributed by atoms with van der Waals surface area (Å²) in [6, 6.07) is 2.58. The van der Waals surface area contributed by atoms with E-state index in [1.165, 1.54) is 5.69 Å². The molecular weight excluding hydrogens is 186 g/mol. The van der Waals surface area contributed by atoms with E-state index in [1.54, 1.807) is 0 Å². The van der Waals surface area contributed by atoms with Gasteiger partial charge in [0.15, 0.2) is 0 Å². The molecule has 0 bridgehead atoms. The summed E-state index contributed by atoms with van der Waals surface area (Å²) >= 11 is 0. The van der Waals surface area contributed by atoms with Gasteiger partial charge in [0.2, 0.25) is 0 Å². The number of nitrogens with zero attached hydrogens (tertiary/aromatic N) is 2. The second-order valence-corrected chi connectivity index (χ2v) is 4.63. The van der Waals surface area contributed by atoms with Crippen LogP contribution in [0.25, 0.3) is 0 Å².